The highest BCUT2D eigenvalue weighted by molar-refractivity contribution is 5.96. The maximum absolute atomic E-state index is 12.6. The molecule has 0 unspecified atom stereocenters. The van der Waals surface area contributed by atoms with E-state index in [9.17, 15) is 10.1 Å². The van der Waals surface area contributed by atoms with Crippen LogP contribution >= 0.6 is 0 Å². The Hall–Kier alpha value is -14.0. The lowest BCUT2D eigenvalue weighted by molar-refractivity contribution is 0.0827. The molecule has 1 fully saturated rings. The quantitative estimate of drug-likeness (QED) is 0.0515. The highest BCUT2D eigenvalue weighted by Crippen LogP contribution is 2.40. The Labute approximate surface area is 722 Å². The number of nitriles is 2. The zero-order valence-electron chi connectivity index (χ0n) is 72.9. The predicted octanol–water partition coefficient (Wildman–Crippen LogP) is 13.0. The smallest absolute Gasteiger partial charge is 0.320 e. The maximum atomic E-state index is 12.6. The van der Waals surface area contributed by atoms with E-state index < -0.39 is 11.1 Å². The summed E-state index contributed by atoms with van der Waals surface area (Å²) in [7, 11) is 11.9. The van der Waals surface area contributed by atoms with Crippen LogP contribution in [0, 0.1) is 80.1 Å². The normalized spacial score (nSPS) is 15.5. The van der Waals surface area contributed by atoms with Crippen molar-refractivity contribution < 1.29 is 19.0 Å². The third-order valence-corrected chi connectivity index (χ3v) is 22.8. The van der Waals surface area contributed by atoms with E-state index in [1.54, 1.807) is 106 Å². The average Bonchev–Trinajstić information content (AvgIpc) is 1.65. The summed E-state index contributed by atoms with van der Waals surface area (Å²) < 4.78 is 24.2. The fraction of sp³-hybridized carbons (Fsp3) is 0.370. The zero-order valence-corrected chi connectivity index (χ0v) is 72.9. The Morgan fingerprint density at radius 2 is 0.968 bits per heavy atom. The molecule has 0 radical (unpaired) electrons. The van der Waals surface area contributed by atoms with Gasteiger partial charge in [0.1, 0.15) is 5.69 Å². The Morgan fingerprint density at radius 1 is 0.540 bits per heavy atom. The van der Waals surface area contributed by atoms with Gasteiger partial charge in [-0.2, -0.15) is 35.6 Å². The number of nitrogen functional groups attached to an aromatic ring is 4. The minimum Gasteiger partial charge on any atom is -0.433 e. The van der Waals surface area contributed by atoms with Gasteiger partial charge in [0.15, 0.2) is 46.3 Å². The van der Waals surface area contributed by atoms with Crippen molar-refractivity contribution in [2.45, 2.75) is 145 Å². The molecule has 12 heterocycles. The van der Waals surface area contributed by atoms with E-state index in [0.29, 0.717) is 58.0 Å². The second-order valence-electron chi connectivity index (χ2n) is 33.9. The van der Waals surface area contributed by atoms with Crippen molar-refractivity contribution in [2.24, 2.45) is 11.3 Å². The van der Waals surface area contributed by atoms with Gasteiger partial charge in [0, 0.05) is 109 Å². The Bertz CT molecular complexity index is 6230. The van der Waals surface area contributed by atoms with Crippen LogP contribution in [0.1, 0.15) is 136 Å². The molecule has 32 heteroatoms. The van der Waals surface area contributed by atoms with Gasteiger partial charge in [0.2, 0.25) is 0 Å². The van der Waals surface area contributed by atoms with Crippen molar-refractivity contribution in [3.63, 3.8) is 0 Å². The number of benzene rings is 4. The van der Waals surface area contributed by atoms with E-state index in [4.69, 9.17) is 54.0 Å². The van der Waals surface area contributed by atoms with Gasteiger partial charge in [-0.3, -0.25) is 19.0 Å². The number of ether oxygens (including phenoxy) is 3. The second kappa shape index (κ2) is 36.3. The molecule has 1 amide bonds. The van der Waals surface area contributed by atoms with Crippen LogP contribution < -0.4 is 37.1 Å². The summed E-state index contributed by atoms with van der Waals surface area (Å²) in [5.74, 6) is 9.12. The number of likely N-dealkylation sites (N-methyl/N-ethyl adjacent to an activating group) is 4. The van der Waals surface area contributed by atoms with Crippen molar-refractivity contribution in [3.8, 4) is 110 Å². The molecule has 17 rings (SSSR count). The maximum Gasteiger partial charge on any atom is 0.320 e. The fourth-order valence-electron chi connectivity index (χ4n) is 15.7. The molecule has 0 atom stereocenters. The molecule has 5 aliphatic rings. The SMILES string of the molecule is CC#Cc1nn(-c2nc(-c3cc(C)c4c(c3)CN(C)CC4)cnc2N)cc1C(=O)N(C)C.Cc1cc(-c2cnc(N)c(Oc3cnn(C4CC(C#N)C4)c3)n2)cc2c1CN(C)CC2.Cc1cc(-c2cnc(N)c(Oc3cnn(CC(C)(C)C#N)c3)n2)cc2c1CN(C)CC2.[C-]#[N+]C(C)(C)n1cc(Oc2nc(-c3cc(C)c4c(c3)CN(C)CC4)cnc2N)cn1. The minimum atomic E-state index is -0.797. The molecule has 0 spiro atoms. The summed E-state index contributed by atoms with van der Waals surface area (Å²) in [4.78, 5) is 62.9. The van der Waals surface area contributed by atoms with Crippen molar-refractivity contribution >= 4 is 29.2 Å². The Balaban J connectivity index is 0.000000135. The van der Waals surface area contributed by atoms with E-state index in [1.165, 1.54) is 76.3 Å². The number of rotatable bonds is 16. The van der Waals surface area contributed by atoms with Crippen LogP contribution in [0.3, 0.4) is 0 Å². The number of aromatic nitrogens is 16. The van der Waals surface area contributed by atoms with E-state index in [-0.39, 0.29) is 58.8 Å². The van der Waals surface area contributed by atoms with Gasteiger partial charge in [0.25, 0.3) is 23.5 Å². The third-order valence-electron chi connectivity index (χ3n) is 22.8. The molecule has 1 aliphatic carbocycles. The fourth-order valence-corrected chi connectivity index (χ4v) is 15.7. The van der Waals surface area contributed by atoms with E-state index in [1.807, 2.05) is 24.7 Å². The molecule has 8 N–H and O–H groups in total. The lowest BCUT2D eigenvalue weighted by atomic mass is 9.81. The molecule has 4 aliphatic heterocycles. The second-order valence-corrected chi connectivity index (χ2v) is 33.9. The van der Waals surface area contributed by atoms with Gasteiger partial charge < -0.3 is 61.6 Å². The molecule has 124 heavy (non-hydrogen) atoms. The van der Waals surface area contributed by atoms with Gasteiger partial charge in [-0.15, -0.1) is 0 Å². The summed E-state index contributed by atoms with van der Waals surface area (Å²) >= 11 is 0. The van der Waals surface area contributed by atoms with Crippen molar-refractivity contribution in [1.82, 2.24) is 103 Å². The molecule has 8 aromatic heterocycles. The van der Waals surface area contributed by atoms with Gasteiger partial charge in [-0.05, 0) is 236 Å². The topological polar surface area (TPSA) is 391 Å². The molecule has 4 aromatic carbocycles. The molecular weight excluding hydrogens is 1560 g/mol. The number of hydrogen-bond acceptors (Lipinski definition) is 26. The largest absolute Gasteiger partial charge is 0.433 e. The lowest BCUT2D eigenvalue weighted by Gasteiger charge is -2.30. The summed E-state index contributed by atoms with van der Waals surface area (Å²) in [6.45, 7) is 33.3. The summed E-state index contributed by atoms with van der Waals surface area (Å²) in [6.07, 6.45) is 24.1. The number of nitrogens with two attached hydrogens (primary N) is 4. The summed E-state index contributed by atoms with van der Waals surface area (Å²) in [6, 6.07) is 22.2. The number of hydrogen-bond donors (Lipinski definition) is 4. The van der Waals surface area contributed by atoms with Crippen molar-refractivity contribution in [3.05, 3.63) is 206 Å². The van der Waals surface area contributed by atoms with Crippen LogP contribution in [0.5, 0.6) is 34.9 Å². The molecule has 636 valence electrons. The van der Waals surface area contributed by atoms with Crippen LogP contribution in [-0.2, 0) is 64.1 Å². The standard InChI is InChI=1S/C24H27N7O.C23H25N7O.C23H27N7O.C22H25N7O/c1-6-7-20-19(24(32)29(3)4)14-31(28-20)23-22(25)26-12-21(27-23)16-10-15(2)18-8-9-30(5)13-17(18)11-16;1-14-5-17(8-16-3-4-29(2)13-20(14)16)21-11-26-22(25)23(28-21)31-19-10-27-30(12-19)18-6-15(7-18)9-24;1-15-7-17(8-16-5-6-29(4)12-19(15)16)20-10-26-21(25)22(28-20)31-18-9-27-30(11-18)14-23(2,3)13-24;1-14-8-15(9-16-12-28(5)7-6-18(14)16)19-11-25-20(23)21(27-19)30-17-10-26-29(13-17)22(2,3)24-4/h10-12,14H,8-9,13H2,1-5H3,(H2,25,26);5,8,10-12,15,18H,3-4,6-7,13H2,1-2H3,(H2,25,26);7-11H,5-6,12,14H2,1-4H3,(H2,25,26);8-11,13H,6-7,12H2,1-3,5H3,(H2,23,25). The van der Waals surface area contributed by atoms with Crippen LogP contribution in [0.2, 0.25) is 0 Å². The lowest BCUT2D eigenvalue weighted by Crippen LogP contribution is -2.27. The third kappa shape index (κ3) is 19.6. The number of nitrogens with zero attached hydrogens (tertiary/aromatic N) is 24. The highest BCUT2D eigenvalue weighted by Gasteiger charge is 2.33. The molecule has 32 nitrogen and oxygen atoms in total. The monoisotopic (exact) mass is 1660 g/mol. The van der Waals surface area contributed by atoms with Gasteiger partial charge in [-0.1, -0.05) is 5.92 Å². The van der Waals surface area contributed by atoms with Gasteiger partial charge >= 0.3 is 5.66 Å². The minimum absolute atomic E-state index is 0.122. The number of fused-ring (bicyclic) bond motifs is 4. The van der Waals surface area contributed by atoms with Crippen LogP contribution in [-0.4, -0.2) is 178 Å². The number of anilines is 4. The predicted molar refractivity (Wildman–Crippen MR) is 474 cm³/mol. The number of carbonyl (C=O) groups is 1. The number of aryl methyl sites for hydroxylation is 4. The first-order chi connectivity index (χ1) is 59.3. The van der Waals surface area contributed by atoms with Crippen LogP contribution in [0.15, 0.2) is 117 Å². The zero-order chi connectivity index (χ0) is 88.2. The average molecular weight is 1670 g/mol. The van der Waals surface area contributed by atoms with E-state index >= 15 is 0 Å². The first-order valence-electron chi connectivity index (χ1n) is 41.1. The van der Waals surface area contributed by atoms with E-state index in [2.05, 4.69) is 208 Å². The molecule has 0 saturated heterocycles. The van der Waals surface area contributed by atoms with Crippen LogP contribution in [0.4, 0.5) is 23.3 Å². The summed E-state index contributed by atoms with van der Waals surface area (Å²) in [5, 5.41) is 35.5. The van der Waals surface area contributed by atoms with Gasteiger partial charge in [-0.25, -0.2) is 51.1 Å². The van der Waals surface area contributed by atoms with E-state index in [0.717, 1.165) is 119 Å². The molecule has 12 aromatic rings. The number of carbonyl (C=O) groups excluding carboxylic acids is 1. The first kappa shape index (κ1) is 86.4. The molecule has 1 saturated carbocycles. The van der Waals surface area contributed by atoms with Gasteiger partial charge in [0.05, 0.1) is 126 Å². The Kier molecular flexibility index (Phi) is 25.3. The first-order valence-corrected chi connectivity index (χ1v) is 41.1. The van der Waals surface area contributed by atoms with Crippen LogP contribution in [0.25, 0.3) is 55.7 Å². The number of amides is 1. The Morgan fingerprint density at radius 3 is 1.44 bits per heavy atom. The summed E-state index contributed by atoms with van der Waals surface area (Å²) in [5.41, 5.74) is 46.6. The molecule has 0 bridgehead atoms. The highest BCUT2D eigenvalue weighted by atomic mass is 16.5. The molecular formula is C92H104N28O4. The van der Waals surface area contributed by atoms with Crippen molar-refractivity contribution in [1.29, 1.82) is 10.5 Å². The van der Waals surface area contributed by atoms with Crippen molar-refractivity contribution in [2.75, 3.05) is 91.4 Å².